The first kappa shape index (κ1) is 24.8. The average molecular weight is 459 g/mol. The number of thiazole rings is 1. The van der Waals surface area contributed by atoms with Crippen molar-refractivity contribution in [3.8, 4) is 5.75 Å². The number of nitrogens with zero attached hydrogens (tertiary/aromatic N) is 2. The van der Waals surface area contributed by atoms with Crippen LogP contribution in [0.15, 0.2) is 36.0 Å². The molecule has 2 aromatic heterocycles. The standard InChI is InChI=1S/C27H39FN2OS/c1-4-6-8-10-11-21(3)31-26-16-14-22(19-24(26)28)13-15-23(12-9-7-5-2)25-20-32-27-29-17-18-30(25)27/h14,16-21,23H,4-13,15H2,1-3H3. The third-order valence-corrected chi connectivity index (χ3v) is 7.19. The number of aromatic nitrogens is 2. The van der Waals surface area contributed by atoms with Crippen LogP contribution in [0.2, 0.25) is 0 Å². The van der Waals surface area contributed by atoms with Crippen molar-refractivity contribution in [2.45, 2.75) is 103 Å². The van der Waals surface area contributed by atoms with E-state index in [0.29, 0.717) is 11.7 Å². The lowest BCUT2D eigenvalue weighted by atomic mass is 9.91. The number of hydrogen-bond donors (Lipinski definition) is 0. The summed E-state index contributed by atoms with van der Waals surface area (Å²) in [6.07, 6.45) is 16.6. The molecule has 0 bridgehead atoms. The summed E-state index contributed by atoms with van der Waals surface area (Å²) in [4.78, 5) is 5.48. The van der Waals surface area contributed by atoms with Crippen LogP contribution in [0.3, 0.4) is 0 Å². The molecular formula is C27H39FN2OS. The molecule has 0 saturated heterocycles. The number of hydrogen-bond acceptors (Lipinski definition) is 3. The lowest BCUT2D eigenvalue weighted by Gasteiger charge is -2.18. The molecule has 0 aliphatic rings. The molecule has 32 heavy (non-hydrogen) atoms. The van der Waals surface area contributed by atoms with Gasteiger partial charge in [0.25, 0.3) is 0 Å². The van der Waals surface area contributed by atoms with Gasteiger partial charge >= 0.3 is 0 Å². The highest BCUT2D eigenvalue weighted by atomic mass is 32.1. The summed E-state index contributed by atoms with van der Waals surface area (Å²) in [7, 11) is 0. The minimum Gasteiger partial charge on any atom is -0.488 e. The fraction of sp³-hybridized carbons (Fsp3) is 0.593. The molecule has 0 fully saturated rings. The van der Waals surface area contributed by atoms with Gasteiger partial charge in [0.05, 0.1) is 6.10 Å². The van der Waals surface area contributed by atoms with Crippen molar-refractivity contribution < 1.29 is 9.13 Å². The highest BCUT2D eigenvalue weighted by molar-refractivity contribution is 7.15. The van der Waals surface area contributed by atoms with Crippen LogP contribution in [0.4, 0.5) is 4.39 Å². The molecule has 5 heteroatoms. The van der Waals surface area contributed by atoms with Crippen molar-refractivity contribution in [1.82, 2.24) is 9.38 Å². The average Bonchev–Trinajstić information content (AvgIpc) is 3.40. The van der Waals surface area contributed by atoms with E-state index in [-0.39, 0.29) is 11.9 Å². The van der Waals surface area contributed by atoms with Crippen LogP contribution in [0.5, 0.6) is 5.75 Å². The van der Waals surface area contributed by atoms with E-state index in [1.54, 1.807) is 17.4 Å². The summed E-state index contributed by atoms with van der Waals surface area (Å²) < 4.78 is 22.8. The van der Waals surface area contributed by atoms with Gasteiger partial charge in [-0.15, -0.1) is 11.3 Å². The summed E-state index contributed by atoms with van der Waals surface area (Å²) in [6, 6.07) is 5.52. The van der Waals surface area contributed by atoms with Crippen molar-refractivity contribution in [2.24, 2.45) is 0 Å². The molecule has 2 atom stereocenters. The van der Waals surface area contributed by atoms with Crippen molar-refractivity contribution >= 4 is 16.3 Å². The van der Waals surface area contributed by atoms with Crippen molar-refractivity contribution in [1.29, 1.82) is 0 Å². The number of halogens is 1. The smallest absolute Gasteiger partial charge is 0.193 e. The minimum absolute atomic E-state index is 0.0475. The highest BCUT2D eigenvalue weighted by Gasteiger charge is 2.17. The number of fused-ring (bicyclic) bond motifs is 1. The third kappa shape index (κ3) is 7.06. The van der Waals surface area contributed by atoms with Gasteiger partial charge in [-0.1, -0.05) is 58.4 Å². The Bertz CT molecular complexity index is 935. The predicted octanol–water partition coefficient (Wildman–Crippen LogP) is 8.57. The van der Waals surface area contributed by atoms with Crippen LogP contribution >= 0.6 is 11.3 Å². The molecule has 0 N–H and O–H groups in total. The Hall–Kier alpha value is -1.88. The normalized spacial score (nSPS) is 13.5. The van der Waals surface area contributed by atoms with Crippen LogP contribution in [0.1, 0.15) is 102 Å². The first-order chi connectivity index (χ1) is 15.6. The zero-order chi connectivity index (χ0) is 22.8. The van der Waals surface area contributed by atoms with Crippen LogP contribution < -0.4 is 4.74 Å². The maximum Gasteiger partial charge on any atom is 0.193 e. The summed E-state index contributed by atoms with van der Waals surface area (Å²) in [5.74, 6) is 0.610. The van der Waals surface area contributed by atoms with Crippen LogP contribution in [-0.2, 0) is 6.42 Å². The number of aryl methyl sites for hydroxylation is 1. The Balaban J connectivity index is 1.58. The van der Waals surface area contributed by atoms with Gasteiger partial charge < -0.3 is 4.74 Å². The molecule has 3 aromatic rings. The first-order valence-electron chi connectivity index (χ1n) is 12.5. The monoisotopic (exact) mass is 458 g/mol. The van der Waals surface area contributed by atoms with Gasteiger partial charge in [0.1, 0.15) is 0 Å². The van der Waals surface area contributed by atoms with E-state index in [1.165, 1.54) is 44.2 Å². The van der Waals surface area contributed by atoms with E-state index in [9.17, 15) is 4.39 Å². The van der Waals surface area contributed by atoms with Gasteiger partial charge in [0.15, 0.2) is 16.5 Å². The minimum atomic E-state index is -0.238. The maximum atomic E-state index is 14.7. The van der Waals surface area contributed by atoms with Gasteiger partial charge in [-0.2, -0.15) is 0 Å². The number of imidazole rings is 1. The lowest BCUT2D eigenvalue weighted by molar-refractivity contribution is 0.197. The fourth-order valence-corrected chi connectivity index (χ4v) is 5.32. The molecule has 0 radical (unpaired) electrons. The fourth-order valence-electron chi connectivity index (χ4n) is 4.39. The van der Waals surface area contributed by atoms with Crippen LogP contribution in [0, 0.1) is 5.82 Å². The molecular weight excluding hydrogens is 419 g/mol. The SMILES string of the molecule is CCCCCCC(C)Oc1ccc(CCC(CCCCC)c2csc3nccn23)cc1F. The summed E-state index contributed by atoms with van der Waals surface area (Å²) in [5, 5.41) is 2.25. The summed E-state index contributed by atoms with van der Waals surface area (Å²) in [6.45, 7) is 6.49. The summed E-state index contributed by atoms with van der Waals surface area (Å²) in [5.41, 5.74) is 2.39. The Morgan fingerprint density at radius 1 is 1.03 bits per heavy atom. The molecule has 0 spiro atoms. The van der Waals surface area contributed by atoms with E-state index in [2.05, 4.69) is 34.8 Å². The number of rotatable bonds is 15. The molecule has 0 aliphatic heterocycles. The Kier molecular flexibility index (Phi) is 10.0. The molecule has 2 heterocycles. The van der Waals surface area contributed by atoms with E-state index < -0.39 is 0 Å². The summed E-state index contributed by atoms with van der Waals surface area (Å²) >= 11 is 1.70. The van der Waals surface area contributed by atoms with Gasteiger partial charge in [0, 0.05) is 29.4 Å². The van der Waals surface area contributed by atoms with E-state index in [1.807, 2.05) is 25.3 Å². The third-order valence-electron chi connectivity index (χ3n) is 6.31. The van der Waals surface area contributed by atoms with Gasteiger partial charge in [-0.05, 0) is 56.7 Å². The van der Waals surface area contributed by atoms with E-state index >= 15 is 0 Å². The van der Waals surface area contributed by atoms with Crippen molar-refractivity contribution in [2.75, 3.05) is 0 Å². The molecule has 2 unspecified atom stereocenters. The second-order valence-electron chi connectivity index (χ2n) is 9.01. The van der Waals surface area contributed by atoms with Crippen molar-refractivity contribution in [3.05, 3.63) is 53.0 Å². The van der Waals surface area contributed by atoms with E-state index in [0.717, 1.165) is 42.6 Å². The molecule has 3 nitrogen and oxygen atoms in total. The Labute approximate surface area is 197 Å². The van der Waals surface area contributed by atoms with Crippen LogP contribution in [0.25, 0.3) is 4.96 Å². The van der Waals surface area contributed by atoms with E-state index in [4.69, 9.17) is 4.74 Å². The largest absolute Gasteiger partial charge is 0.488 e. The topological polar surface area (TPSA) is 26.5 Å². The number of unbranched alkanes of at least 4 members (excludes halogenated alkanes) is 5. The first-order valence-corrected chi connectivity index (χ1v) is 13.4. The number of benzene rings is 1. The molecule has 1 aromatic carbocycles. The predicted molar refractivity (Wildman–Crippen MR) is 134 cm³/mol. The lowest BCUT2D eigenvalue weighted by Crippen LogP contribution is -2.12. The second-order valence-corrected chi connectivity index (χ2v) is 9.85. The number of ether oxygens (including phenoxy) is 1. The van der Waals surface area contributed by atoms with Crippen LogP contribution in [-0.4, -0.2) is 15.5 Å². The molecule has 176 valence electrons. The van der Waals surface area contributed by atoms with Gasteiger partial charge in [0.2, 0.25) is 0 Å². The maximum absolute atomic E-state index is 14.7. The molecule has 0 aliphatic carbocycles. The zero-order valence-corrected chi connectivity index (χ0v) is 20.8. The second kappa shape index (κ2) is 13.0. The Morgan fingerprint density at radius 3 is 2.59 bits per heavy atom. The van der Waals surface area contributed by atoms with Gasteiger partial charge in [-0.3, -0.25) is 4.40 Å². The van der Waals surface area contributed by atoms with Crippen molar-refractivity contribution in [3.63, 3.8) is 0 Å². The zero-order valence-electron chi connectivity index (χ0n) is 20.0. The molecule has 0 saturated carbocycles. The van der Waals surface area contributed by atoms with Gasteiger partial charge in [-0.25, -0.2) is 9.37 Å². The molecule has 0 amide bonds. The highest BCUT2D eigenvalue weighted by Crippen LogP contribution is 2.31. The Morgan fingerprint density at radius 2 is 1.81 bits per heavy atom. The molecule has 3 rings (SSSR count). The quantitative estimate of drug-likeness (QED) is 0.213.